The van der Waals surface area contributed by atoms with E-state index in [4.69, 9.17) is 11.6 Å². The van der Waals surface area contributed by atoms with Crippen molar-refractivity contribution in [1.82, 2.24) is 0 Å². The monoisotopic (exact) mass is 285 g/mol. The predicted octanol–water partition coefficient (Wildman–Crippen LogP) is 3.38. The number of imide groups is 1. The van der Waals surface area contributed by atoms with Crippen molar-refractivity contribution in [2.24, 2.45) is 0 Å². The average Bonchev–Trinajstić information content (AvgIpc) is 2.43. The molecule has 0 fully saturated rings. The van der Waals surface area contributed by atoms with Gasteiger partial charge in [0.1, 0.15) is 0 Å². The van der Waals surface area contributed by atoms with E-state index in [1.165, 1.54) is 4.90 Å². The van der Waals surface area contributed by atoms with Gasteiger partial charge in [0, 0.05) is 10.6 Å². The lowest BCUT2D eigenvalue weighted by Crippen LogP contribution is -2.42. The Kier molecular flexibility index (Phi) is 3.07. The van der Waals surface area contributed by atoms with Crippen LogP contribution in [0, 0.1) is 6.92 Å². The second-order valence-corrected chi connectivity index (χ2v) is 5.16. The number of rotatable bonds is 1. The van der Waals surface area contributed by atoms with Crippen molar-refractivity contribution in [1.29, 1.82) is 0 Å². The zero-order valence-electron chi connectivity index (χ0n) is 10.9. The van der Waals surface area contributed by atoms with Crippen LogP contribution in [0.1, 0.15) is 21.5 Å². The zero-order chi connectivity index (χ0) is 14.3. The highest BCUT2D eigenvalue weighted by Crippen LogP contribution is 2.31. The molecule has 0 aliphatic carbocycles. The Balaban J connectivity index is 2.14. The summed E-state index contributed by atoms with van der Waals surface area (Å²) in [5.41, 5.74) is 2.64. The molecule has 0 saturated carbocycles. The molecule has 0 N–H and O–H groups in total. The molecule has 4 heteroatoms. The van der Waals surface area contributed by atoms with Gasteiger partial charge in [-0.25, -0.2) is 4.90 Å². The lowest BCUT2D eigenvalue weighted by atomic mass is 9.97. The molecule has 1 aliphatic heterocycles. The van der Waals surface area contributed by atoms with Crippen LogP contribution in [-0.2, 0) is 11.2 Å². The highest BCUT2D eigenvalue weighted by Gasteiger charge is 2.32. The van der Waals surface area contributed by atoms with Crippen LogP contribution in [0.5, 0.6) is 0 Å². The number of hydrogen-bond acceptors (Lipinski definition) is 2. The number of fused-ring (bicyclic) bond motifs is 1. The van der Waals surface area contributed by atoms with Crippen LogP contribution in [-0.4, -0.2) is 11.8 Å². The second-order valence-electron chi connectivity index (χ2n) is 4.75. The van der Waals surface area contributed by atoms with Crippen molar-refractivity contribution in [3.63, 3.8) is 0 Å². The van der Waals surface area contributed by atoms with E-state index in [2.05, 4.69) is 0 Å². The maximum atomic E-state index is 12.6. The van der Waals surface area contributed by atoms with Crippen LogP contribution >= 0.6 is 11.6 Å². The van der Waals surface area contributed by atoms with Crippen molar-refractivity contribution in [2.75, 3.05) is 4.90 Å². The van der Waals surface area contributed by atoms with E-state index >= 15 is 0 Å². The number of halogens is 1. The van der Waals surface area contributed by atoms with Gasteiger partial charge in [0.15, 0.2) is 0 Å². The third-order valence-electron chi connectivity index (χ3n) is 3.52. The fourth-order valence-corrected chi connectivity index (χ4v) is 2.61. The highest BCUT2D eigenvalue weighted by molar-refractivity contribution is 6.32. The quantitative estimate of drug-likeness (QED) is 0.753. The van der Waals surface area contributed by atoms with Crippen LogP contribution < -0.4 is 4.90 Å². The molecule has 0 spiro atoms. The topological polar surface area (TPSA) is 37.4 Å². The maximum Gasteiger partial charge on any atom is 0.265 e. The molecule has 100 valence electrons. The van der Waals surface area contributed by atoms with Gasteiger partial charge in [-0.3, -0.25) is 9.59 Å². The molecule has 1 heterocycles. The molecular formula is C16H12ClNO2. The summed E-state index contributed by atoms with van der Waals surface area (Å²) < 4.78 is 0. The van der Waals surface area contributed by atoms with Crippen LogP contribution in [0.25, 0.3) is 0 Å². The van der Waals surface area contributed by atoms with Crippen LogP contribution in [0.2, 0.25) is 5.02 Å². The summed E-state index contributed by atoms with van der Waals surface area (Å²) in [6.07, 6.45) is 0.230. The molecule has 2 aromatic carbocycles. The summed E-state index contributed by atoms with van der Waals surface area (Å²) in [6, 6.07) is 12.4. The average molecular weight is 286 g/mol. The predicted molar refractivity (Wildman–Crippen MR) is 78.2 cm³/mol. The number of anilines is 1. The van der Waals surface area contributed by atoms with Crippen LogP contribution in [0.4, 0.5) is 5.69 Å². The van der Waals surface area contributed by atoms with Gasteiger partial charge in [-0.1, -0.05) is 35.9 Å². The van der Waals surface area contributed by atoms with Gasteiger partial charge in [-0.15, -0.1) is 0 Å². The van der Waals surface area contributed by atoms with E-state index in [-0.39, 0.29) is 18.2 Å². The van der Waals surface area contributed by atoms with E-state index in [1.807, 2.05) is 12.1 Å². The molecule has 20 heavy (non-hydrogen) atoms. The zero-order valence-corrected chi connectivity index (χ0v) is 11.6. The van der Waals surface area contributed by atoms with Gasteiger partial charge in [0.05, 0.1) is 12.1 Å². The Bertz CT molecular complexity index is 724. The van der Waals surface area contributed by atoms with Crippen LogP contribution in [0.3, 0.4) is 0 Å². The normalized spacial score (nSPS) is 14.4. The largest absolute Gasteiger partial charge is 0.274 e. The van der Waals surface area contributed by atoms with Gasteiger partial charge in [-0.2, -0.15) is 0 Å². The maximum absolute atomic E-state index is 12.6. The van der Waals surface area contributed by atoms with Crippen LogP contribution in [0.15, 0.2) is 42.5 Å². The minimum Gasteiger partial charge on any atom is -0.274 e. The Morgan fingerprint density at radius 2 is 1.80 bits per heavy atom. The Morgan fingerprint density at radius 1 is 1.05 bits per heavy atom. The first-order valence-corrected chi connectivity index (χ1v) is 6.67. The van der Waals surface area contributed by atoms with Crippen molar-refractivity contribution >= 4 is 29.1 Å². The number of benzene rings is 2. The van der Waals surface area contributed by atoms with Gasteiger partial charge in [-0.05, 0) is 36.2 Å². The van der Waals surface area contributed by atoms with E-state index in [9.17, 15) is 9.59 Å². The Morgan fingerprint density at radius 3 is 2.60 bits per heavy atom. The molecule has 3 nitrogen and oxygen atoms in total. The SMILES string of the molecule is Cc1c(Cl)cccc1N1C(=O)Cc2ccccc2C1=O. The fraction of sp³-hybridized carbons (Fsp3) is 0.125. The third kappa shape index (κ3) is 1.91. The standard InChI is InChI=1S/C16H12ClNO2/c1-10-13(17)7-4-8-14(10)18-15(19)9-11-5-2-3-6-12(11)16(18)20/h2-8H,9H2,1H3. The van der Waals surface area contributed by atoms with E-state index in [0.29, 0.717) is 16.3 Å². The Labute approximate surface area is 121 Å². The first-order chi connectivity index (χ1) is 9.59. The highest BCUT2D eigenvalue weighted by atomic mass is 35.5. The Hall–Kier alpha value is -2.13. The molecule has 0 saturated heterocycles. The van der Waals surface area contributed by atoms with Gasteiger partial charge < -0.3 is 0 Å². The van der Waals surface area contributed by atoms with E-state index in [0.717, 1.165) is 11.1 Å². The fourth-order valence-electron chi connectivity index (χ4n) is 2.44. The van der Waals surface area contributed by atoms with Crippen molar-refractivity contribution < 1.29 is 9.59 Å². The van der Waals surface area contributed by atoms with Gasteiger partial charge in [0.2, 0.25) is 5.91 Å². The molecule has 0 bridgehead atoms. The second kappa shape index (κ2) is 4.76. The third-order valence-corrected chi connectivity index (χ3v) is 3.93. The lowest BCUT2D eigenvalue weighted by Gasteiger charge is -2.28. The molecular weight excluding hydrogens is 274 g/mol. The number of carbonyl (C=O) groups excluding carboxylic acids is 2. The minimum atomic E-state index is -0.290. The molecule has 0 unspecified atom stereocenters. The minimum absolute atomic E-state index is 0.223. The number of carbonyl (C=O) groups is 2. The molecule has 3 rings (SSSR count). The van der Waals surface area contributed by atoms with Crippen molar-refractivity contribution in [2.45, 2.75) is 13.3 Å². The summed E-state index contributed by atoms with van der Waals surface area (Å²) >= 11 is 6.08. The number of nitrogens with zero attached hydrogens (tertiary/aromatic N) is 1. The van der Waals surface area contributed by atoms with Crippen molar-refractivity contribution in [3.8, 4) is 0 Å². The molecule has 1 aliphatic rings. The molecule has 2 amide bonds. The molecule has 0 radical (unpaired) electrons. The summed E-state index contributed by atoms with van der Waals surface area (Å²) in [7, 11) is 0. The molecule has 0 atom stereocenters. The first kappa shape index (κ1) is 12.9. The van der Waals surface area contributed by atoms with Gasteiger partial charge >= 0.3 is 0 Å². The summed E-state index contributed by atoms with van der Waals surface area (Å²) in [6.45, 7) is 1.80. The lowest BCUT2D eigenvalue weighted by molar-refractivity contribution is -0.117. The number of hydrogen-bond donors (Lipinski definition) is 0. The summed E-state index contributed by atoms with van der Waals surface area (Å²) in [5.74, 6) is -0.513. The molecule has 0 aromatic heterocycles. The molecule has 2 aromatic rings. The smallest absolute Gasteiger partial charge is 0.265 e. The number of amides is 2. The van der Waals surface area contributed by atoms with Crippen molar-refractivity contribution in [3.05, 3.63) is 64.2 Å². The van der Waals surface area contributed by atoms with Gasteiger partial charge in [0.25, 0.3) is 5.91 Å². The summed E-state index contributed by atoms with van der Waals surface area (Å²) in [5, 5.41) is 0.543. The summed E-state index contributed by atoms with van der Waals surface area (Å²) in [4.78, 5) is 26.1. The first-order valence-electron chi connectivity index (χ1n) is 6.30. The van der Waals surface area contributed by atoms with E-state index < -0.39 is 0 Å². The van der Waals surface area contributed by atoms with E-state index in [1.54, 1.807) is 37.3 Å².